The van der Waals surface area contributed by atoms with Gasteiger partial charge in [-0.2, -0.15) is 32.5 Å². The fourth-order valence-electron chi connectivity index (χ4n) is 0. The van der Waals surface area contributed by atoms with Gasteiger partial charge in [-0.3, -0.25) is 0 Å². The Balaban J connectivity index is -0.0000000186. The maximum atomic E-state index is 3.77. The van der Waals surface area contributed by atoms with E-state index in [1.807, 2.05) is 0 Å². The van der Waals surface area contributed by atoms with Crippen LogP contribution in [0.1, 0.15) is 125 Å². The van der Waals surface area contributed by atoms with E-state index in [0.29, 0.717) is 0 Å². The van der Waals surface area contributed by atoms with Crippen LogP contribution in [0.4, 0.5) is 0 Å². The van der Waals surface area contributed by atoms with E-state index in [1.165, 1.54) is 0 Å². The molecule has 0 spiro atoms. The molecule has 0 amide bonds. The molecule has 0 atom stereocenters. The summed E-state index contributed by atoms with van der Waals surface area (Å²) in [6, 6.07) is 0. The number of rotatable bonds is 0. The van der Waals surface area contributed by atoms with Crippen molar-refractivity contribution in [1.29, 1.82) is 0 Å². The largest absolute Gasteiger partial charge is 2.00 e. The first-order valence-electron chi connectivity index (χ1n) is 11.1. The Hall–Kier alpha value is 2.92. The van der Waals surface area contributed by atoms with E-state index in [9.17, 15) is 0 Å². The Morgan fingerprint density at radius 1 is 0.250 bits per heavy atom. The van der Waals surface area contributed by atoms with Gasteiger partial charge in [0.05, 0.1) is 0 Å². The number of hydrogen-bond acceptors (Lipinski definition) is 0. The van der Waals surface area contributed by atoms with E-state index < -0.39 is 0 Å². The molecule has 0 saturated heterocycles. The SMILES string of the molecule is [CH2-]C(C)(C)C.[CH2-]C(C)(C)C.[CH2-]C(C)(C)C.[CH2-]C(C)(C)C.[CH2-]C(C)(C)C.[CH2-]C(C)(C)C.[CH3-].[V+2].[V+2].[V].[V].[V]. The summed E-state index contributed by atoms with van der Waals surface area (Å²) in [6.45, 7) is 60.0. The van der Waals surface area contributed by atoms with Gasteiger partial charge in [-0.1, -0.05) is 125 Å². The second kappa shape index (κ2) is 34.1. The Bertz CT molecular complexity index is 207. The van der Waals surface area contributed by atoms with Gasteiger partial charge in [0.1, 0.15) is 0 Å². The fourth-order valence-corrected chi connectivity index (χ4v) is 0. The topological polar surface area (TPSA) is 0 Å². The predicted octanol–water partition coefficient (Wildman–Crippen LogP) is 11.6. The van der Waals surface area contributed by atoms with Crippen molar-refractivity contribution in [3.05, 3.63) is 49.0 Å². The molecule has 36 heavy (non-hydrogen) atoms. The molecule has 0 N–H and O–H groups in total. The molecule has 0 saturated carbocycles. The van der Waals surface area contributed by atoms with Crippen LogP contribution in [-0.4, -0.2) is 0 Å². The monoisotopic (exact) mass is 696 g/mol. The first kappa shape index (κ1) is 77.2. The van der Waals surface area contributed by atoms with Gasteiger partial charge in [0.2, 0.25) is 0 Å². The third kappa shape index (κ3) is 5580. The Morgan fingerprint density at radius 2 is 0.250 bits per heavy atom. The van der Waals surface area contributed by atoms with Crippen molar-refractivity contribution in [3.63, 3.8) is 0 Å². The Morgan fingerprint density at radius 3 is 0.250 bits per heavy atom. The standard InChI is InChI=1S/6C5H11.CH3.5V/c6*1-5(2,3)4;;;;;;/h6*1H2,2-4H3;1H3;;;;;/q7*-1;;;;2*+2. The maximum absolute atomic E-state index is 3.77. The first-order chi connectivity index (χ1) is 12.0. The predicted molar refractivity (Wildman–Crippen MR) is 155 cm³/mol. The second-order valence-corrected chi connectivity index (χ2v) is 15.4. The summed E-state index contributed by atoms with van der Waals surface area (Å²) in [5.74, 6) is 0. The minimum atomic E-state index is 0. The van der Waals surface area contributed by atoms with Gasteiger partial charge in [-0.25, -0.2) is 0 Å². The molecular weight excluding hydrogens is 627 g/mol. The molecule has 221 valence electrons. The zero-order valence-corrected chi connectivity index (χ0v) is 35.5. The van der Waals surface area contributed by atoms with Gasteiger partial charge in [0.25, 0.3) is 0 Å². The number of hydrogen-bond donors (Lipinski definition) is 0. The minimum absolute atomic E-state index is 0. The summed E-state index contributed by atoms with van der Waals surface area (Å²) >= 11 is 0. The van der Waals surface area contributed by atoms with Crippen LogP contribution in [-0.2, 0) is 92.8 Å². The van der Waals surface area contributed by atoms with Crippen molar-refractivity contribution in [2.75, 3.05) is 0 Å². The van der Waals surface area contributed by atoms with Gasteiger partial charge in [-0.05, 0) is 0 Å². The van der Waals surface area contributed by atoms with Crippen LogP contribution < -0.4 is 0 Å². The molecule has 0 bridgehead atoms. The summed E-state index contributed by atoms with van der Waals surface area (Å²) in [4.78, 5) is 0. The van der Waals surface area contributed by atoms with Crippen LogP contribution in [0, 0.1) is 81.5 Å². The molecule has 0 fully saturated rings. The molecule has 0 aliphatic rings. The van der Waals surface area contributed by atoms with Gasteiger partial charge < -0.3 is 49.0 Å². The molecule has 0 aliphatic heterocycles. The van der Waals surface area contributed by atoms with E-state index in [1.54, 1.807) is 0 Å². The van der Waals surface area contributed by atoms with E-state index in [2.05, 4.69) is 166 Å². The van der Waals surface area contributed by atoms with Crippen molar-refractivity contribution in [1.82, 2.24) is 0 Å². The van der Waals surface area contributed by atoms with E-state index in [4.69, 9.17) is 0 Å². The smallest absolute Gasteiger partial charge is 0.358 e. The van der Waals surface area contributed by atoms with Crippen LogP contribution in [0.25, 0.3) is 0 Å². The molecule has 5 radical (unpaired) electrons. The third-order valence-corrected chi connectivity index (χ3v) is 0. The molecule has 0 nitrogen and oxygen atoms in total. The van der Waals surface area contributed by atoms with Crippen molar-refractivity contribution in [3.8, 4) is 0 Å². The normalized spacial score (nSPS) is 10.0. The van der Waals surface area contributed by atoms with E-state index >= 15 is 0 Å². The minimum Gasteiger partial charge on any atom is -0.358 e. The summed E-state index contributed by atoms with van der Waals surface area (Å²) in [5, 5.41) is 0. The van der Waals surface area contributed by atoms with Crippen molar-refractivity contribution >= 4 is 0 Å². The van der Waals surface area contributed by atoms with Crippen molar-refractivity contribution in [2.45, 2.75) is 125 Å². The molecule has 0 aliphatic carbocycles. The van der Waals surface area contributed by atoms with Gasteiger partial charge in [0, 0.05) is 55.7 Å². The summed E-state index contributed by atoms with van der Waals surface area (Å²) in [7, 11) is 0. The van der Waals surface area contributed by atoms with Gasteiger partial charge >= 0.3 is 37.1 Å². The van der Waals surface area contributed by atoms with Crippen LogP contribution in [0.2, 0.25) is 0 Å². The maximum Gasteiger partial charge on any atom is 2.00 e. The molecule has 0 rings (SSSR count). The first-order valence-corrected chi connectivity index (χ1v) is 11.1. The van der Waals surface area contributed by atoms with Crippen molar-refractivity contribution < 1.29 is 92.8 Å². The Labute approximate surface area is 296 Å². The Kier molecular flexibility index (Phi) is 73.2. The van der Waals surface area contributed by atoms with E-state index in [0.717, 1.165) is 0 Å². The zero-order valence-electron chi connectivity index (χ0n) is 28.5. The second-order valence-electron chi connectivity index (χ2n) is 15.4. The van der Waals surface area contributed by atoms with Crippen LogP contribution in [0.3, 0.4) is 0 Å². The molecule has 0 unspecified atom stereocenters. The van der Waals surface area contributed by atoms with Gasteiger partial charge in [0.15, 0.2) is 0 Å². The molecule has 0 aromatic rings. The summed E-state index contributed by atoms with van der Waals surface area (Å²) in [5.41, 5.74) is 1.50. The van der Waals surface area contributed by atoms with Crippen LogP contribution in [0.15, 0.2) is 0 Å². The quantitative estimate of drug-likeness (QED) is 0.221. The third-order valence-electron chi connectivity index (χ3n) is 0. The van der Waals surface area contributed by atoms with E-state index in [-0.39, 0.29) is 133 Å². The fraction of sp³-hybridized carbons (Fsp3) is 0.774. The van der Waals surface area contributed by atoms with Crippen LogP contribution in [0.5, 0.6) is 0 Å². The summed E-state index contributed by atoms with van der Waals surface area (Å²) in [6.07, 6.45) is 0. The van der Waals surface area contributed by atoms with Gasteiger partial charge in [-0.15, -0.1) is 0 Å². The molecule has 0 aromatic carbocycles. The summed E-state index contributed by atoms with van der Waals surface area (Å²) < 4.78 is 0. The zero-order chi connectivity index (χ0) is 27.0. The molecule has 5 heteroatoms. The average Bonchev–Trinajstić information content (AvgIpc) is 1.94. The van der Waals surface area contributed by atoms with Crippen LogP contribution >= 0.6 is 0 Å². The molecular formula is C31H69V5-3. The molecule has 0 heterocycles. The average molecular weight is 697 g/mol. The molecule has 0 aromatic heterocycles. The van der Waals surface area contributed by atoms with Crippen molar-refractivity contribution in [2.24, 2.45) is 32.5 Å².